The molecule has 0 saturated carbocycles. The summed E-state index contributed by atoms with van der Waals surface area (Å²) in [7, 11) is 0. The molecule has 4 aliphatic rings. The van der Waals surface area contributed by atoms with Crippen LogP contribution in [0.5, 0.6) is 0 Å². The predicted molar refractivity (Wildman–Crippen MR) is 136 cm³/mol. The van der Waals surface area contributed by atoms with Gasteiger partial charge in [0.05, 0.1) is 25.2 Å². The zero-order valence-electron chi connectivity index (χ0n) is 21.7. The summed E-state index contributed by atoms with van der Waals surface area (Å²) >= 11 is 0. The van der Waals surface area contributed by atoms with Crippen LogP contribution in [0.4, 0.5) is 0 Å². The van der Waals surface area contributed by atoms with Crippen molar-refractivity contribution in [1.29, 1.82) is 0 Å². The number of esters is 1. The third-order valence-electron chi connectivity index (χ3n) is 8.41. The minimum absolute atomic E-state index is 0.106. The summed E-state index contributed by atoms with van der Waals surface area (Å²) in [6.07, 6.45) is 8.93. The third-order valence-corrected chi connectivity index (χ3v) is 8.41. The van der Waals surface area contributed by atoms with Gasteiger partial charge in [0.15, 0.2) is 0 Å². The highest BCUT2D eigenvalue weighted by Gasteiger charge is 2.76. The first-order valence-electron chi connectivity index (χ1n) is 13.3. The smallest absolute Gasteiger partial charge is 0.313 e. The van der Waals surface area contributed by atoms with Gasteiger partial charge in [-0.1, -0.05) is 61.6 Å². The number of benzene rings is 1. The van der Waals surface area contributed by atoms with Crippen molar-refractivity contribution in [3.8, 4) is 0 Å². The maximum atomic E-state index is 14.4. The minimum Gasteiger partial charge on any atom is -0.465 e. The van der Waals surface area contributed by atoms with Gasteiger partial charge in [0.1, 0.15) is 23.2 Å². The molecule has 4 heterocycles. The van der Waals surface area contributed by atoms with Crippen LogP contribution in [0.15, 0.2) is 54.6 Å². The number of fused-ring (bicyclic) bond motifs is 2. The molecular weight excluding hydrogens is 472 g/mol. The number of carbonyl (C=O) groups excluding carboxylic acids is 3. The molecule has 8 nitrogen and oxygen atoms in total. The molecule has 1 unspecified atom stereocenters. The number of hydrogen-bond acceptors (Lipinski definition) is 6. The highest BCUT2D eigenvalue weighted by molar-refractivity contribution is 5.99. The summed E-state index contributed by atoms with van der Waals surface area (Å²) in [4.78, 5) is 45.4. The SMILES string of the molecule is CC[C@@]12C=CCCOC(=O)[C@@H]1[C@H]1C(=O)N([C@@H](CO)Cc3ccccc3)C3C(=O)N(C(C)C)CC=C[C@@]31O2. The molecule has 8 heteroatoms. The Balaban J connectivity index is 1.67. The fourth-order valence-electron chi connectivity index (χ4n) is 6.68. The number of ether oxygens (including phenoxy) is 2. The van der Waals surface area contributed by atoms with E-state index in [4.69, 9.17) is 9.47 Å². The molecule has 1 N–H and O–H groups in total. The second kappa shape index (κ2) is 9.72. The van der Waals surface area contributed by atoms with E-state index in [0.29, 0.717) is 25.8 Å². The Morgan fingerprint density at radius 2 is 1.81 bits per heavy atom. The van der Waals surface area contributed by atoms with Gasteiger partial charge in [0, 0.05) is 12.6 Å². The first-order valence-corrected chi connectivity index (χ1v) is 13.3. The monoisotopic (exact) mass is 508 g/mol. The minimum atomic E-state index is -1.35. The quantitative estimate of drug-likeness (QED) is 0.468. The van der Waals surface area contributed by atoms with Gasteiger partial charge in [0.2, 0.25) is 11.8 Å². The molecule has 0 aromatic heterocycles. The third kappa shape index (κ3) is 3.92. The number of likely N-dealkylation sites (tertiary alicyclic amines) is 1. The summed E-state index contributed by atoms with van der Waals surface area (Å²) in [5.74, 6) is -2.90. The molecule has 37 heavy (non-hydrogen) atoms. The van der Waals surface area contributed by atoms with Gasteiger partial charge in [-0.2, -0.15) is 0 Å². The standard InChI is InChI=1S/C29H36N2O6/c1-4-28-13-8-9-16-36-27(35)23(28)22-25(33)31(21(18-32)17-20-11-6-5-7-12-20)24-26(34)30(19(2)3)15-10-14-29(22,24)37-28/h5-8,10-14,19,21-24,32H,4,9,15-18H2,1-3H3/t21-,22+,23+,24?,28-,29+/m1/s1. The Kier molecular flexibility index (Phi) is 6.75. The van der Waals surface area contributed by atoms with Gasteiger partial charge >= 0.3 is 5.97 Å². The second-order valence-electron chi connectivity index (χ2n) is 10.7. The van der Waals surface area contributed by atoms with Crippen LogP contribution >= 0.6 is 0 Å². The van der Waals surface area contributed by atoms with Crippen LogP contribution in [0.1, 0.15) is 39.2 Å². The molecule has 1 spiro atoms. The second-order valence-corrected chi connectivity index (χ2v) is 10.7. The van der Waals surface area contributed by atoms with Crippen LogP contribution in [0.3, 0.4) is 0 Å². The highest BCUT2D eigenvalue weighted by Crippen LogP contribution is 2.58. The number of hydrogen-bond donors (Lipinski definition) is 1. The van der Waals surface area contributed by atoms with Gasteiger partial charge in [-0.05, 0) is 38.7 Å². The molecule has 0 aliphatic carbocycles. The summed E-state index contributed by atoms with van der Waals surface area (Å²) in [6.45, 7) is 6.08. The van der Waals surface area contributed by atoms with Gasteiger partial charge in [-0.15, -0.1) is 0 Å². The first kappa shape index (κ1) is 25.7. The number of aliphatic hydroxyl groups is 1. The van der Waals surface area contributed by atoms with E-state index in [-0.39, 0.29) is 31.1 Å². The van der Waals surface area contributed by atoms with Gasteiger partial charge in [-0.25, -0.2) is 0 Å². The lowest BCUT2D eigenvalue weighted by Gasteiger charge is -2.41. The molecule has 6 atom stereocenters. The maximum Gasteiger partial charge on any atom is 0.313 e. The van der Waals surface area contributed by atoms with Gasteiger partial charge in [-0.3, -0.25) is 14.4 Å². The van der Waals surface area contributed by atoms with Crippen molar-refractivity contribution in [3.05, 3.63) is 60.2 Å². The normalized spacial score (nSPS) is 34.0. The van der Waals surface area contributed by atoms with Crippen molar-refractivity contribution in [3.63, 3.8) is 0 Å². The van der Waals surface area contributed by atoms with E-state index in [9.17, 15) is 19.5 Å². The molecular formula is C29H36N2O6. The number of carbonyl (C=O) groups is 3. The average molecular weight is 509 g/mol. The number of cyclic esters (lactones) is 1. The Bertz CT molecular complexity index is 1120. The fourth-order valence-corrected chi connectivity index (χ4v) is 6.68. The van der Waals surface area contributed by atoms with Gasteiger partial charge in [0.25, 0.3) is 0 Å². The zero-order valence-corrected chi connectivity index (χ0v) is 21.7. The summed E-state index contributed by atoms with van der Waals surface area (Å²) < 4.78 is 12.5. The van der Waals surface area contributed by atoms with Crippen LogP contribution in [-0.4, -0.2) is 81.8 Å². The molecule has 2 fully saturated rings. The largest absolute Gasteiger partial charge is 0.465 e. The Morgan fingerprint density at radius 3 is 2.49 bits per heavy atom. The van der Waals surface area contributed by atoms with Crippen LogP contribution in [0.25, 0.3) is 0 Å². The van der Waals surface area contributed by atoms with Gasteiger partial charge < -0.3 is 24.4 Å². The van der Waals surface area contributed by atoms with Crippen molar-refractivity contribution in [1.82, 2.24) is 9.80 Å². The lowest BCUT2D eigenvalue weighted by Crippen LogP contribution is -2.60. The highest BCUT2D eigenvalue weighted by atomic mass is 16.6. The molecule has 4 aliphatic heterocycles. The molecule has 0 bridgehead atoms. The van der Waals surface area contributed by atoms with Crippen molar-refractivity contribution < 1.29 is 29.0 Å². The van der Waals surface area contributed by atoms with Crippen molar-refractivity contribution in [2.24, 2.45) is 11.8 Å². The summed E-state index contributed by atoms with van der Waals surface area (Å²) in [5, 5.41) is 10.5. The van der Waals surface area contributed by atoms with Crippen LogP contribution in [0, 0.1) is 11.8 Å². The molecule has 0 radical (unpaired) electrons. The van der Waals surface area contributed by atoms with E-state index in [0.717, 1.165) is 5.56 Å². The lowest BCUT2D eigenvalue weighted by atomic mass is 9.73. The number of nitrogens with zero attached hydrogens (tertiary/aromatic N) is 2. The van der Waals surface area contributed by atoms with E-state index < -0.39 is 41.1 Å². The van der Waals surface area contributed by atoms with Crippen LogP contribution in [0.2, 0.25) is 0 Å². The molecule has 1 aromatic rings. The van der Waals surface area contributed by atoms with E-state index in [1.807, 2.05) is 75.4 Å². The predicted octanol–water partition coefficient (Wildman–Crippen LogP) is 2.26. The van der Waals surface area contributed by atoms with Crippen molar-refractivity contribution in [2.75, 3.05) is 19.8 Å². The average Bonchev–Trinajstić information content (AvgIpc) is 3.23. The van der Waals surface area contributed by atoms with Crippen LogP contribution in [-0.2, 0) is 30.3 Å². The van der Waals surface area contributed by atoms with E-state index >= 15 is 0 Å². The summed E-state index contributed by atoms with van der Waals surface area (Å²) in [6, 6.07) is 7.81. The Labute approximate surface area is 217 Å². The van der Waals surface area contributed by atoms with E-state index in [1.165, 1.54) is 4.90 Å². The number of rotatable bonds is 6. The molecule has 198 valence electrons. The molecule has 5 rings (SSSR count). The number of aliphatic hydroxyl groups excluding tert-OH is 1. The van der Waals surface area contributed by atoms with E-state index in [1.54, 1.807) is 4.90 Å². The summed E-state index contributed by atoms with van der Waals surface area (Å²) in [5.41, 5.74) is -1.47. The Morgan fingerprint density at radius 1 is 1.05 bits per heavy atom. The van der Waals surface area contributed by atoms with E-state index in [2.05, 4.69) is 0 Å². The zero-order chi connectivity index (χ0) is 26.4. The Hall–Kier alpha value is -2.97. The molecule has 2 amide bonds. The lowest BCUT2D eigenvalue weighted by molar-refractivity contribution is -0.164. The first-order chi connectivity index (χ1) is 17.8. The number of amides is 2. The molecule has 2 saturated heterocycles. The van der Waals surface area contributed by atoms with Crippen LogP contribution < -0.4 is 0 Å². The molecule has 1 aromatic carbocycles. The fraction of sp³-hybridized carbons (Fsp3) is 0.552. The van der Waals surface area contributed by atoms with Crippen molar-refractivity contribution >= 4 is 17.8 Å². The van der Waals surface area contributed by atoms with Crippen molar-refractivity contribution in [2.45, 2.75) is 69.4 Å². The topological polar surface area (TPSA) is 96.4 Å². The maximum absolute atomic E-state index is 14.4.